The number of hydrogen-bond acceptors (Lipinski definition) is 1. The van der Waals surface area contributed by atoms with Gasteiger partial charge in [0.25, 0.3) is 0 Å². The van der Waals surface area contributed by atoms with E-state index in [0.717, 1.165) is 29.8 Å². The zero-order valence-electron chi connectivity index (χ0n) is 9.78. The molecule has 2 saturated carbocycles. The Kier molecular flexibility index (Phi) is 2.59. The van der Waals surface area contributed by atoms with Gasteiger partial charge < -0.3 is 5.32 Å². The maximum absolute atomic E-state index is 3.89. The molecule has 0 bridgehead atoms. The Hall–Kier alpha value is -0.300. The molecule has 84 valence electrons. The van der Waals surface area contributed by atoms with Crippen LogP contribution >= 0.6 is 0 Å². The van der Waals surface area contributed by atoms with Gasteiger partial charge in [-0.2, -0.15) is 0 Å². The van der Waals surface area contributed by atoms with Crippen LogP contribution in [0.3, 0.4) is 0 Å². The second-order valence-corrected chi connectivity index (χ2v) is 5.79. The summed E-state index contributed by atoms with van der Waals surface area (Å²) in [5.41, 5.74) is 0. The number of allylic oxidation sites excluding steroid dienone is 1. The summed E-state index contributed by atoms with van der Waals surface area (Å²) in [5.74, 6) is 2.96. The fourth-order valence-electron chi connectivity index (χ4n) is 3.32. The molecule has 0 saturated heterocycles. The lowest BCUT2D eigenvalue weighted by atomic mass is 9.71. The number of nitrogens with one attached hydrogen (secondary N) is 1. The predicted molar refractivity (Wildman–Crippen MR) is 63.7 cm³/mol. The first-order valence-electron chi connectivity index (χ1n) is 6.79. The van der Waals surface area contributed by atoms with E-state index >= 15 is 0 Å². The Bertz CT molecular complexity index is 254. The Labute approximate surface area is 93.3 Å². The van der Waals surface area contributed by atoms with E-state index in [9.17, 15) is 0 Å². The van der Waals surface area contributed by atoms with E-state index in [-0.39, 0.29) is 0 Å². The average molecular weight is 205 g/mol. The van der Waals surface area contributed by atoms with Crippen LogP contribution in [0.1, 0.15) is 45.4 Å². The van der Waals surface area contributed by atoms with Crippen LogP contribution in [0.5, 0.6) is 0 Å². The van der Waals surface area contributed by atoms with E-state index < -0.39 is 0 Å². The Balaban J connectivity index is 1.48. The van der Waals surface area contributed by atoms with Crippen molar-refractivity contribution in [2.24, 2.45) is 17.8 Å². The van der Waals surface area contributed by atoms with Gasteiger partial charge in [0, 0.05) is 12.1 Å². The van der Waals surface area contributed by atoms with Gasteiger partial charge in [0.15, 0.2) is 0 Å². The van der Waals surface area contributed by atoms with Crippen LogP contribution in [0.15, 0.2) is 12.2 Å². The summed E-state index contributed by atoms with van der Waals surface area (Å²) in [6.07, 6.45) is 13.4. The Morgan fingerprint density at radius 3 is 2.93 bits per heavy atom. The SMILES string of the molecule is CCC(CC1CC1)NC1CC2CC=CC21. The van der Waals surface area contributed by atoms with Crippen molar-refractivity contribution in [3.05, 3.63) is 12.2 Å². The Morgan fingerprint density at radius 1 is 1.40 bits per heavy atom. The largest absolute Gasteiger partial charge is 0.311 e. The summed E-state index contributed by atoms with van der Waals surface area (Å²) in [5, 5.41) is 3.89. The molecule has 1 nitrogen and oxygen atoms in total. The molecule has 0 aromatic rings. The molecular formula is C14H23N. The average Bonchev–Trinajstić information content (AvgIpc) is 2.96. The fraction of sp³-hybridized carbons (Fsp3) is 0.857. The molecule has 3 aliphatic rings. The first-order chi connectivity index (χ1) is 7.36. The number of hydrogen-bond donors (Lipinski definition) is 1. The molecule has 4 atom stereocenters. The molecule has 0 amide bonds. The van der Waals surface area contributed by atoms with Crippen LogP contribution in [0, 0.1) is 17.8 Å². The lowest BCUT2D eigenvalue weighted by Gasteiger charge is -2.42. The maximum atomic E-state index is 3.89. The van der Waals surface area contributed by atoms with Crippen molar-refractivity contribution in [3.8, 4) is 0 Å². The first-order valence-corrected chi connectivity index (χ1v) is 6.79. The van der Waals surface area contributed by atoms with Gasteiger partial charge >= 0.3 is 0 Å². The molecule has 0 spiro atoms. The summed E-state index contributed by atoms with van der Waals surface area (Å²) in [6, 6.07) is 1.62. The standard InChI is InChI=1S/C14H23N/c1-2-12(8-10-6-7-10)15-14-9-11-4-3-5-13(11)14/h3,5,10-15H,2,4,6-9H2,1H3. The molecule has 1 heteroatoms. The van der Waals surface area contributed by atoms with E-state index in [1.54, 1.807) is 0 Å². The third kappa shape index (κ3) is 1.99. The van der Waals surface area contributed by atoms with Gasteiger partial charge in [-0.15, -0.1) is 0 Å². The van der Waals surface area contributed by atoms with Crippen LogP contribution in [0.2, 0.25) is 0 Å². The summed E-state index contributed by atoms with van der Waals surface area (Å²) >= 11 is 0. The smallest absolute Gasteiger partial charge is 0.0138 e. The van der Waals surface area contributed by atoms with E-state index in [0.29, 0.717) is 0 Å². The Morgan fingerprint density at radius 2 is 2.27 bits per heavy atom. The van der Waals surface area contributed by atoms with Crippen molar-refractivity contribution in [3.63, 3.8) is 0 Å². The number of fused-ring (bicyclic) bond motifs is 1. The molecule has 3 rings (SSSR count). The van der Waals surface area contributed by atoms with Crippen LogP contribution < -0.4 is 5.32 Å². The molecule has 0 aliphatic heterocycles. The summed E-state index contributed by atoms with van der Waals surface area (Å²) in [7, 11) is 0. The highest BCUT2D eigenvalue weighted by Crippen LogP contribution is 2.43. The molecule has 3 aliphatic carbocycles. The maximum Gasteiger partial charge on any atom is 0.0138 e. The van der Waals surface area contributed by atoms with Crippen LogP contribution in [0.4, 0.5) is 0 Å². The lowest BCUT2D eigenvalue weighted by molar-refractivity contribution is 0.145. The van der Waals surface area contributed by atoms with Gasteiger partial charge in [0.05, 0.1) is 0 Å². The minimum absolute atomic E-state index is 0.803. The van der Waals surface area contributed by atoms with E-state index in [4.69, 9.17) is 0 Å². The van der Waals surface area contributed by atoms with Crippen molar-refractivity contribution in [2.75, 3.05) is 0 Å². The van der Waals surface area contributed by atoms with Gasteiger partial charge in [-0.3, -0.25) is 0 Å². The summed E-state index contributed by atoms with van der Waals surface area (Å²) in [6.45, 7) is 2.33. The third-order valence-corrected chi connectivity index (χ3v) is 4.62. The first kappa shape index (κ1) is 9.89. The van der Waals surface area contributed by atoms with E-state index in [1.165, 1.54) is 38.5 Å². The molecule has 15 heavy (non-hydrogen) atoms. The van der Waals surface area contributed by atoms with Crippen molar-refractivity contribution in [2.45, 2.75) is 57.5 Å². The van der Waals surface area contributed by atoms with Crippen molar-refractivity contribution in [1.82, 2.24) is 5.32 Å². The summed E-state index contributed by atoms with van der Waals surface area (Å²) in [4.78, 5) is 0. The van der Waals surface area contributed by atoms with Crippen LogP contribution in [0.25, 0.3) is 0 Å². The predicted octanol–water partition coefficient (Wildman–Crippen LogP) is 3.12. The van der Waals surface area contributed by atoms with Crippen LogP contribution in [-0.2, 0) is 0 Å². The molecule has 4 unspecified atom stereocenters. The minimum Gasteiger partial charge on any atom is -0.311 e. The second kappa shape index (κ2) is 3.93. The van der Waals surface area contributed by atoms with E-state index in [2.05, 4.69) is 24.4 Å². The zero-order valence-corrected chi connectivity index (χ0v) is 9.78. The summed E-state index contributed by atoms with van der Waals surface area (Å²) < 4.78 is 0. The van der Waals surface area contributed by atoms with Crippen molar-refractivity contribution in [1.29, 1.82) is 0 Å². The highest BCUT2D eigenvalue weighted by Gasteiger charge is 2.41. The number of rotatable bonds is 5. The highest BCUT2D eigenvalue weighted by molar-refractivity contribution is 5.13. The van der Waals surface area contributed by atoms with Crippen LogP contribution in [-0.4, -0.2) is 12.1 Å². The fourth-order valence-corrected chi connectivity index (χ4v) is 3.32. The third-order valence-electron chi connectivity index (χ3n) is 4.62. The monoisotopic (exact) mass is 205 g/mol. The minimum atomic E-state index is 0.803. The molecule has 1 N–H and O–H groups in total. The topological polar surface area (TPSA) is 12.0 Å². The van der Waals surface area contributed by atoms with E-state index in [1.807, 2.05) is 0 Å². The van der Waals surface area contributed by atoms with Crippen molar-refractivity contribution < 1.29 is 0 Å². The van der Waals surface area contributed by atoms with Gasteiger partial charge in [0.2, 0.25) is 0 Å². The van der Waals surface area contributed by atoms with Gasteiger partial charge in [0.1, 0.15) is 0 Å². The molecule has 0 heterocycles. The lowest BCUT2D eigenvalue weighted by Crippen LogP contribution is -2.51. The molecule has 0 aromatic carbocycles. The van der Waals surface area contributed by atoms with Gasteiger partial charge in [-0.25, -0.2) is 0 Å². The van der Waals surface area contributed by atoms with Gasteiger partial charge in [-0.05, 0) is 43.4 Å². The normalized spacial score (nSPS) is 39.9. The molecule has 0 aromatic heterocycles. The van der Waals surface area contributed by atoms with Gasteiger partial charge in [-0.1, -0.05) is 31.9 Å². The van der Waals surface area contributed by atoms with Crippen molar-refractivity contribution >= 4 is 0 Å². The molecule has 0 radical (unpaired) electrons. The molecule has 2 fully saturated rings. The molecular weight excluding hydrogens is 182 g/mol. The zero-order chi connectivity index (χ0) is 10.3. The highest BCUT2D eigenvalue weighted by atomic mass is 15.0. The second-order valence-electron chi connectivity index (χ2n) is 5.79. The quantitative estimate of drug-likeness (QED) is 0.680.